The van der Waals surface area contributed by atoms with Crippen LogP contribution in [0.3, 0.4) is 0 Å². The fourth-order valence-corrected chi connectivity index (χ4v) is 2.47. The van der Waals surface area contributed by atoms with Crippen LogP contribution in [0.1, 0.15) is 36.9 Å². The van der Waals surface area contributed by atoms with E-state index in [1.807, 2.05) is 13.0 Å². The molecular formula is C17H19F3N4O. The molecule has 8 heteroatoms. The number of nitrogens with one attached hydrogen (secondary N) is 2. The monoisotopic (exact) mass is 352 g/mol. The smallest absolute Gasteiger partial charge is 0.406 e. The summed E-state index contributed by atoms with van der Waals surface area (Å²) in [6.07, 6.45) is -2.47. The molecule has 2 N–H and O–H groups in total. The Kier molecular flexibility index (Phi) is 4.69. The summed E-state index contributed by atoms with van der Waals surface area (Å²) in [5.74, 6) is 1.37. The molecule has 5 nitrogen and oxygen atoms in total. The first-order valence-electron chi connectivity index (χ1n) is 8.10. The van der Waals surface area contributed by atoms with E-state index < -0.39 is 6.36 Å². The van der Waals surface area contributed by atoms with Crippen molar-refractivity contribution in [3.63, 3.8) is 0 Å². The lowest BCUT2D eigenvalue weighted by atomic mass is 10.2. The first kappa shape index (κ1) is 17.3. The van der Waals surface area contributed by atoms with Gasteiger partial charge < -0.3 is 15.4 Å². The SMILES string of the molecule is CCNc1nc(Nc2ccc(OC(F)(F)F)cc2C)cc(C2CC2)n1. The molecule has 134 valence electrons. The van der Waals surface area contributed by atoms with Crippen molar-refractivity contribution in [3.8, 4) is 5.75 Å². The first-order valence-corrected chi connectivity index (χ1v) is 8.10. The van der Waals surface area contributed by atoms with Gasteiger partial charge in [0, 0.05) is 24.2 Å². The molecule has 0 unspecified atom stereocenters. The van der Waals surface area contributed by atoms with E-state index in [-0.39, 0.29) is 5.75 Å². The topological polar surface area (TPSA) is 59.1 Å². The molecule has 1 saturated carbocycles. The molecule has 1 aromatic carbocycles. The minimum atomic E-state index is -4.70. The maximum atomic E-state index is 12.3. The van der Waals surface area contributed by atoms with Crippen molar-refractivity contribution in [2.45, 2.75) is 39.0 Å². The minimum absolute atomic E-state index is 0.245. The fraction of sp³-hybridized carbons (Fsp3) is 0.412. The van der Waals surface area contributed by atoms with Crippen LogP contribution < -0.4 is 15.4 Å². The molecule has 0 amide bonds. The standard InChI is InChI=1S/C17H19F3N4O/c1-3-21-16-23-14(11-4-5-11)9-15(24-16)22-13-7-6-12(8-10(13)2)25-17(18,19)20/h6-9,11H,3-5H2,1-2H3,(H2,21,22,23,24). The van der Waals surface area contributed by atoms with Crippen LogP contribution in [-0.4, -0.2) is 22.9 Å². The van der Waals surface area contributed by atoms with Gasteiger partial charge in [-0.1, -0.05) is 0 Å². The van der Waals surface area contributed by atoms with Crippen molar-refractivity contribution < 1.29 is 17.9 Å². The van der Waals surface area contributed by atoms with Crippen LogP contribution in [0, 0.1) is 6.92 Å². The summed E-state index contributed by atoms with van der Waals surface area (Å²) in [6, 6.07) is 6.04. The quantitative estimate of drug-likeness (QED) is 0.787. The number of anilines is 3. The zero-order valence-electron chi connectivity index (χ0n) is 13.9. The minimum Gasteiger partial charge on any atom is -0.406 e. The van der Waals surface area contributed by atoms with E-state index in [2.05, 4.69) is 25.3 Å². The van der Waals surface area contributed by atoms with Gasteiger partial charge >= 0.3 is 6.36 Å². The average Bonchev–Trinajstić information content (AvgIpc) is 3.33. The normalized spacial score (nSPS) is 14.3. The second kappa shape index (κ2) is 6.78. The summed E-state index contributed by atoms with van der Waals surface area (Å²) < 4.78 is 40.8. The lowest BCUT2D eigenvalue weighted by molar-refractivity contribution is -0.274. The van der Waals surface area contributed by atoms with Crippen LogP contribution in [0.2, 0.25) is 0 Å². The summed E-state index contributed by atoms with van der Waals surface area (Å²) in [5.41, 5.74) is 2.26. The van der Waals surface area contributed by atoms with E-state index in [0.29, 0.717) is 35.5 Å². The molecule has 2 aromatic rings. The molecule has 1 aromatic heterocycles. The van der Waals surface area contributed by atoms with Gasteiger partial charge in [0.25, 0.3) is 0 Å². The number of aryl methyl sites for hydroxylation is 1. The molecule has 1 aliphatic carbocycles. The number of halogens is 3. The highest BCUT2D eigenvalue weighted by molar-refractivity contribution is 5.63. The van der Waals surface area contributed by atoms with E-state index in [1.165, 1.54) is 12.1 Å². The number of hydrogen-bond acceptors (Lipinski definition) is 5. The second-order valence-corrected chi connectivity index (χ2v) is 5.96. The van der Waals surface area contributed by atoms with Crippen molar-refractivity contribution in [1.29, 1.82) is 0 Å². The van der Waals surface area contributed by atoms with Gasteiger partial charge in [0.1, 0.15) is 11.6 Å². The third-order valence-electron chi connectivity index (χ3n) is 3.77. The molecule has 3 rings (SSSR count). The van der Waals surface area contributed by atoms with E-state index in [1.54, 1.807) is 13.0 Å². The zero-order chi connectivity index (χ0) is 18.0. The Morgan fingerprint density at radius 1 is 1.20 bits per heavy atom. The Morgan fingerprint density at radius 3 is 2.56 bits per heavy atom. The van der Waals surface area contributed by atoms with Crippen molar-refractivity contribution in [1.82, 2.24) is 9.97 Å². The Labute approximate surface area is 143 Å². The Bertz CT molecular complexity index is 760. The second-order valence-electron chi connectivity index (χ2n) is 5.96. The van der Waals surface area contributed by atoms with Crippen molar-refractivity contribution in [2.24, 2.45) is 0 Å². The van der Waals surface area contributed by atoms with E-state index in [0.717, 1.165) is 18.5 Å². The Morgan fingerprint density at radius 2 is 1.96 bits per heavy atom. The van der Waals surface area contributed by atoms with Crippen LogP contribution >= 0.6 is 0 Å². The number of nitrogens with zero attached hydrogens (tertiary/aromatic N) is 2. The molecule has 0 aliphatic heterocycles. The largest absolute Gasteiger partial charge is 0.573 e. The van der Waals surface area contributed by atoms with Gasteiger partial charge in [0.15, 0.2) is 0 Å². The third kappa shape index (κ3) is 4.74. The van der Waals surface area contributed by atoms with Crippen LogP contribution in [0.4, 0.5) is 30.6 Å². The molecule has 0 radical (unpaired) electrons. The van der Waals surface area contributed by atoms with Gasteiger partial charge in [-0.2, -0.15) is 4.98 Å². The van der Waals surface area contributed by atoms with Crippen molar-refractivity contribution in [3.05, 3.63) is 35.5 Å². The number of alkyl halides is 3. The molecule has 0 saturated heterocycles. The van der Waals surface area contributed by atoms with Crippen LogP contribution in [0.25, 0.3) is 0 Å². The van der Waals surface area contributed by atoms with Gasteiger partial charge in [-0.3, -0.25) is 0 Å². The molecular weight excluding hydrogens is 333 g/mol. The average molecular weight is 352 g/mol. The lowest BCUT2D eigenvalue weighted by Gasteiger charge is -2.14. The van der Waals surface area contributed by atoms with Gasteiger partial charge in [0.05, 0.1) is 5.69 Å². The maximum Gasteiger partial charge on any atom is 0.573 e. The highest BCUT2D eigenvalue weighted by Gasteiger charge is 2.31. The Balaban J connectivity index is 1.81. The summed E-state index contributed by atoms with van der Waals surface area (Å²) in [6.45, 7) is 4.37. The summed E-state index contributed by atoms with van der Waals surface area (Å²) >= 11 is 0. The van der Waals surface area contributed by atoms with Crippen molar-refractivity contribution >= 4 is 17.5 Å². The number of ether oxygens (including phenoxy) is 1. The number of aromatic nitrogens is 2. The highest BCUT2D eigenvalue weighted by atomic mass is 19.4. The van der Waals surface area contributed by atoms with Gasteiger partial charge in [-0.25, -0.2) is 4.98 Å². The van der Waals surface area contributed by atoms with Crippen LogP contribution in [0.15, 0.2) is 24.3 Å². The van der Waals surface area contributed by atoms with E-state index in [9.17, 15) is 13.2 Å². The maximum absolute atomic E-state index is 12.3. The van der Waals surface area contributed by atoms with Crippen molar-refractivity contribution in [2.75, 3.05) is 17.2 Å². The third-order valence-corrected chi connectivity index (χ3v) is 3.77. The fourth-order valence-electron chi connectivity index (χ4n) is 2.47. The van der Waals surface area contributed by atoms with Gasteiger partial charge in [-0.15, -0.1) is 13.2 Å². The first-order chi connectivity index (χ1) is 11.8. The molecule has 25 heavy (non-hydrogen) atoms. The predicted octanol–water partition coefficient (Wildman–Crippen LogP) is 4.74. The lowest BCUT2D eigenvalue weighted by Crippen LogP contribution is -2.17. The number of hydrogen-bond donors (Lipinski definition) is 2. The number of rotatable bonds is 6. The van der Waals surface area contributed by atoms with E-state index >= 15 is 0 Å². The van der Waals surface area contributed by atoms with E-state index in [4.69, 9.17) is 0 Å². The van der Waals surface area contributed by atoms with Crippen LogP contribution in [-0.2, 0) is 0 Å². The summed E-state index contributed by atoms with van der Waals surface area (Å²) in [4.78, 5) is 8.90. The van der Waals surface area contributed by atoms with Gasteiger partial charge in [-0.05, 0) is 50.5 Å². The highest BCUT2D eigenvalue weighted by Crippen LogP contribution is 2.40. The van der Waals surface area contributed by atoms with Gasteiger partial charge in [0.2, 0.25) is 5.95 Å². The summed E-state index contributed by atoms with van der Waals surface area (Å²) in [7, 11) is 0. The van der Waals surface area contributed by atoms with Crippen LogP contribution in [0.5, 0.6) is 5.75 Å². The molecule has 0 spiro atoms. The molecule has 1 heterocycles. The zero-order valence-corrected chi connectivity index (χ0v) is 13.9. The Hall–Kier alpha value is -2.51. The molecule has 1 fully saturated rings. The molecule has 1 aliphatic rings. The summed E-state index contributed by atoms with van der Waals surface area (Å²) in [5, 5.41) is 6.26. The molecule has 0 atom stereocenters. The predicted molar refractivity (Wildman–Crippen MR) is 89.3 cm³/mol. The number of benzene rings is 1. The molecule has 0 bridgehead atoms.